The molecule has 8 heteroatoms. The Balaban J connectivity index is 1.89. The predicted octanol–water partition coefficient (Wildman–Crippen LogP) is 3.96. The minimum absolute atomic E-state index is 0.00927. The van der Waals surface area contributed by atoms with Crippen LogP contribution in [-0.2, 0) is 16.1 Å². The number of furan rings is 1. The average molecular weight is 381 g/mol. The Morgan fingerprint density at radius 2 is 2.08 bits per heavy atom. The van der Waals surface area contributed by atoms with E-state index in [1.807, 2.05) is 0 Å². The molecular formula is C17H14Cl2N2O4. The molecule has 2 heterocycles. The summed E-state index contributed by atoms with van der Waals surface area (Å²) in [5.74, 6) is -0.0528. The van der Waals surface area contributed by atoms with E-state index in [0.717, 1.165) is 0 Å². The van der Waals surface area contributed by atoms with Crippen LogP contribution in [0.5, 0.6) is 0 Å². The number of amides is 2. The van der Waals surface area contributed by atoms with Crippen LogP contribution in [0.2, 0.25) is 10.0 Å². The number of esters is 1. The molecule has 0 saturated carbocycles. The summed E-state index contributed by atoms with van der Waals surface area (Å²) in [5.41, 5.74) is 1.31. The van der Waals surface area contributed by atoms with E-state index in [0.29, 0.717) is 27.1 Å². The van der Waals surface area contributed by atoms with Gasteiger partial charge < -0.3 is 19.8 Å². The first-order valence-electron chi connectivity index (χ1n) is 7.38. The zero-order valence-corrected chi connectivity index (χ0v) is 14.6. The third-order valence-corrected chi connectivity index (χ3v) is 4.43. The SMILES string of the molecule is CC1=C(C(=O)OCc2ccco2)[C@@H](c2ccc(Cl)c(Cl)c2)NC(=O)N1. The van der Waals surface area contributed by atoms with E-state index >= 15 is 0 Å². The van der Waals surface area contributed by atoms with Crippen molar-refractivity contribution < 1.29 is 18.7 Å². The van der Waals surface area contributed by atoms with E-state index in [1.165, 1.54) is 6.26 Å². The Morgan fingerprint density at radius 3 is 2.76 bits per heavy atom. The van der Waals surface area contributed by atoms with Gasteiger partial charge in [-0.25, -0.2) is 9.59 Å². The quantitative estimate of drug-likeness (QED) is 0.786. The number of allylic oxidation sites excluding steroid dienone is 1. The van der Waals surface area contributed by atoms with Crippen LogP contribution in [-0.4, -0.2) is 12.0 Å². The first-order valence-corrected chi connectivity index (χ1v) is 8.14. The van der Waals surface area contributed by atoms with Crippen molar-refractivity contribution in [1.29, 1.82) is 0 Å². The highest BCUT2D eigenvalue weighted by Crippen LogP contribution is 2.32. The van der Waals surface area contributed by atoms with Crippen LogP contribution in [0.4, 0.5) is 4.79 Å². The maximum Gasteiger partial charge on any atom is 0.338 e. The lowest BCUT2D eigenvalue weighted by atomic mass is 9.95. The number of rotatable bonds is 4. The fourth-order valence-corrected chi connectivity index (χ4v) is 2.82. The number of nitrogens with one attached hydrogen (secondary N) is 2. The van der Waals surface area contributed by atoms with Gasteiger partial charge in [-0.15, -0.1) is 0 Å². The Hall–Kier alpha value is -2.44. The lowest BCUT2D eigenvalue weighted by Gasteiger charge is -2.28. The Labute approximate surface area is 153 Å². The van der Waals surface area contributed by atoms with Crippen molar-refractivity contribution in [3.8, 4) is 0 Å². The first kappa shape index (κ1) is 17.4. The van der Waals surface area contributed by atoms with Crippen molar-refractivity contribution in [2.45, 2.75) is 19.6 Å². The highest BCUT2D eigenvalue weighted by molar-refractivity contribution is 6.42. The summed E-state index contributed by atoms with van der Waals surface area (Å²) < 4.78 is 10.4. The highest BCUT2D eigenvalue weighted by atomic mass is 35.5. The second-order valence-electron chi connectivity index (χ2n) is 5.40. The molecule has 1 aromatic heterocycles. The predicted molar refractivity (Wildman–Crippen MR) is 92.1 cm³/mol. The van der Waals surface area contributed by atoms with Crippen molar-refractivity contribution in [2.75, 3.05) is 0 Å². The smallest absolute Gasteiger partial charge is 0.338 e. The normalized spacial score (nSPS) is 17.1. The summed E-state index contributed by atoms with van der Waals surface area (Å²) in [4.78, 5) is 24.4. The van der Waals surface area contributed by atoms with Crippen LogP contribution in [0, 0.1) is 0 Å². The van der Waals surface area contributed by atoms with Crippen molar-refractivity contribution >= 4 is 35.2 Å². The van der Waals surface area contributed by atoms with Gasteiger partial charge in [-0.1, -0.05) is 29.3 Å². The van der Waals surface area contributed by atoms with E-state index < -0.39 is 18.0 Å². The third kappa shape index (κ3) is 3.81. The van der Waals surface area contributed by atoms with E-state index in [-0.39, 0.29) is 12.2 Å². The standard InChI is InChI=1S/C17H14Cl2N2O4/c1-9-14(16(22)25-8-11-3-2-6-24-11)15(21-17(23)20-9)10-4-5-12(18)13(19)7-10/h2-7,15H,8H2,1H3,(H2,20,21,23)/t15-/m1/s1. The van der Waals surface area contributed by atoms with E-state index in [1.54, 1.807) is 37.3 Å². The zero-order chi connectivity index (χ0) is 18.0. The number of halogens is 2. The molecule has 6 nitrogen and oxygen atoms in total. The van der Waals surface area contributed by atoms with Gasteiger partial charge in [0.05, 0.1) is 27.9 Å². The third-order valence-electron chi connectivity index (χ3n) is 3.69. The monoisotopic (exact) mass is 380 g/mol. The van der Waals surface area contributed by atoms with Gasteiger partial charge in [0, 0.05) is 5.70 Å². The molecule has 0 saturated heterocycles. The number of carbonyl (C=O) groups is 2. The molecule has 3 rings (SSSR count). The Kier molecular flexibility index (Phi) is 5.01. The number of hydrogen-bond donors (Lipinski definition) is 2. The van der Waals surface area contributed by atoms with E-state index in [9.17, 15) is 9.59 Å². The molecule has 1 aliphatic rings. The van der Waals surface area contributed by atoms with Gasteiger partial charge in [0.15, 0.2) is 0 Å². The van der Waals surface area contributed by atoms with Gasteiger partial charge in [-0.05, 0) is 36.8 Å². The minimum Gasteiger partial charge on any atom is -0.466 e. The summed E-state index contributed by atoms with van der Waals surface area (Å²) in [6.45, 7) is 1.62. The van der Waals surface area contributed by atoms with Crippen LogP contribution in [0.3, 0.4) is 0 Å². The van der Waals surface area contributed by atoms with Crippen LogP contribution < -0.4 is 10.6 Å². The number of hydrogen-bond acceptors (Lipinski definition) is 4. The average Bonchev–Trinajstić information content (AvgIpc) is 3.08. The van der Waals surface area contributed by atoms with Crippen LogP contribution in [0.1, 0.15) is 24.3 Å². The van der Waals surface area contributed by atoms with Crippen molar-refractivity contribution in [1.82, 2.24) is 10.6 Å². The minimum atomic E-state index is -0.701. The molecule has 25 heavy (non-hydrogen) atoms. The number of carbonyl (C=O) groups excluding carboxylic acids is 2. The maximum atomic E-state index is 12.6. The molecule has 2 amide bonds. The highest BCUT2D eigenvalue weighted by Gasteiger charge is 2.32. The lowest BCUT2D eigenvalue weighted by Crippen LogP contribution is -2.45. The zero-order valence-electron chi connectivity index (χ0n) is 13.1. The van der Waals surface area contributed by atoms with Gasteiger partial charge >= 0.3 is 12.0 Å². The summed E-state index contributed by atoms with van der Waals surface area (Å²) in [7, 11) is 0. The van der Waals surface area contributed by atoms with Crippen LogP contribution in [0.25, 0.3) is 0 Å². The molecule has 2 aromatic rings. The van der Waals surface area contributed by atoms with Crippen molar-refractivity contribution in [2.24, 2.45) is 0 Å². The molecule has 1 atom stereocenters. The molecule has 0 aliphatic carbocycles. The Morgan fingerprint density at radius 1 is 1.28 bits per heavy atom. The molecule has 0 unspecified atom stereocenters. The van der Waals surface area contributed by atoms with Gasteiger partial charge in [-0.2, -0.15) is 0 Å². The van der Waals surface area contributed by atoms with Crippen LogP contribution >= 0.6 is 23.2 Å². The molecule has 1 aromatic carbocycles. The first-order chi connectivity index (χ1) is 12.0. The molecule has 130 valence electrons. The van der Waals surface area contributed by atoms with Crippen LogP contribution in [0.15, 0.2) is 52.3 Å². The largest absolute Gasteiger partial charge is 0.466 e. The molecular weight excluding hydrogens is 367 g/mol. The summed E-state index contributed by atoms with van der Waals surface area (Å²) in [6.07, 6.45) is 1.49. The molecule has 2 N–H and O–H groups in total. The molecule has 0 radical (unpaired) electrons. The van der Waals surface area contributed by atoms with E-state index in [2.05, 4.69) is 10.6 Å². The van der Waals surface area contributed by atoms with Crippen molar-refractivity contribution in [3.63, 3.8) is 0 Å². The lowest BCUT2D eigenvalue weighted by molar-refractivity contribution is -0.141. The molecule has 0 bridgehead atoms. The summed E-state index contributed by atoms with van der Waals surface area (Å²) in [5, 5.41) is 5.98. The topological polar surface area (TPSA) is 80.6 Å². The number of benzene rings is 1. The number of urea groups is 1. The second kappa shape index (κ2) is 7.21. The Bertz CT molecular complexity index is 846. The van der Waals surface area contributed by atoms with E-state index in [4.69, 9.17) is 32.4 Å². The molecule has 0 fully saturated rings. The van der Waals surface area contributed by atoms with Crippen molar-refractivity contribution in [3.05, 3.63) is 69.2 Å². The molecule has 0 spiro atoms. The van der Waals surface area contributed by atoms with Gasteiger partial charge in [-0.3, -0.25) is 0 Å². The van der Waals surface area contributed by atoms with Gasteiger partial charge in [0.2, 0.25) is 0 Å². The fraction of sp³-hybridized carbons (Fsp3) is 0.176. The summed E-state index contributed by atoms with van der Waals surface area (Å²) in [6, 6.07) is 7.18. The number of ether oxygens (including phenoxy) is 1. The summed E-state index contributed by atoms with van der Waals surface area (Å²) >= 11 is 12.0. The second-order valence-corrected chi connectivity index (χ2v) is 6.21. The van der Waals surface area contributed by atoms with Gasteiger partial charge in [0.25, 0.3) is 0 Å². The maximum absolute atomic E-state index is 12.6. The fourth-order valence-electron chi connectivity index (χ4n) is 2.52. The van der Waals surface area contributed by atoms with Gasteiger partial charge in [0.1, 0.15) is 12.4 Å². The molecule has 1 aliphatic heterocycles.